The van der Waals surface area contributed by atoms with E-state index in [1.54, 1.807) is 0 Å². The molecule has 118 valence electrons. The van der Waals surface area contributed by atoms with Gasteiger partial charge < -0.3 is 10.4 Å². The van der Waals surface area contributed by atoms with Crippen molar-refractivity contribution in [1.82, 2.24) is 5.32 Å². The summed E-state index contributed by atoms with van der Waals surface area (Å²) in [6.07, 6.45) is -1.46. The first-order valence-electron chi connectivity index (χ1n) is 7.10. The first kappa shape index (κ1) is 16.2. The van der Waals surface area contributed by atoms with E-state index in [4.69, 9.17) is 0 Å². The first-order chi connectivity index (χ1) is 9.86. The number of halogens is 4. The zero-order valence-electron chi connectivity index (χ0n) is 11.6. The minimum atomic E-state index is -4.56. The summed E-state index contributed by atoms with van der Waals surface area (Å²) in [5.41, 5.74) is -0.890. The van der Waals surface area contributed by atoms with Gasteiger partial charge in [-0.1, -0.05) is 12.5 Å². The van der Waals surface area contributed by atoms with Crippen molar-refractivity contribution >= 4 is 0 Å². The molecule has 0 saturated heterocycles. The number of alkyl halides is 3. The van der Waals surface area contributed by atoms with Crippen molar-refractivity contribution in [1.29, 1.82) is 0 Å². The Labute approximate surface area is 121 Å². The molecule has 21 heavy (non-hydrogen) atoms. The van der Waals surface area contributed by atoms with Crippen LogP contribution in [0.4, 0.5) is 17.6 Å². The van der Waals surface area contributed by atoms with Gasteiger partial charge in [0.15, 0.2) is 0 Å². The number of hydrogen-bond acceptors (Lipinski definition) is 2. The molecule has 1 aromatic carbocycles. The normalized spacial score (nSPS) is 23.3. The highest BCUT2D eigenvalue weighted by Gasteiger charge is 2.33. The van der Waals surface area contributed by atoms with Crippen molar-refractivity contribution in [3.8, 4) is 0 Å². The Morgan fingerprint density at radius 3 is 2.67 bits per heavy atom. The van der Waals surface area contributed by atoms with Gasteiger partial charge in [-0.05, 0) is 49.4 Å². The molecular weight excluding hydrogens is 286 g/mol. The average Bonchev–Trinajstić information content (AvgIpc) is 2.39. The van der Waals surface area contributed by atoms with Gasteiger partial charge in [0.05, 0.1) is 11.7 Å². The lowest BCUT2D eigenvalue weighted by Gasteiger charge is -2.26. The molecule has 1 saturated carbocycles. The third-order valence-electron chi connectivity index (χ3n) is 3.88. The number of hydrogen-bond donors (Lipinski definition) is 2. The maximum Gasteiger partial charge on any atom is 0.416 e. The quantitative estimate of drug-likeness (QED) is 0.835. The predicted octanol–water partition coefficient (Wildman–Crippen LogP) is 3.49. The molecule has 2 unspecified atom stereocenters. The summed E-state index contributed by atoms with van der Waals surface area (Å²) < 4.78 is 51.5. The van der Waals surface area contributed by atoms with E-state index in [1.165, 1.54) is 6.07 Å². The number of rotatable bonds is 4. The fraction of sp³-hybridized carbons (Fsp3) is 0.600. The maximum atomic E-state index is 13.0. The van der Waals surface area contributed by atoms with Crippen LogP contribution in [0.25, 0.3) is 0 Å². The van der Waals surface area contributed by atoms with Gasteiger partial charge in [-0.2, -0.15) is 13.2 Å². The molecule has 0 aromatic heterocycles. The second-order valence-electron chi connectivity index (χ2n) is 5.62. The van der Waals surface area contributed by atoms with Gasteiger partial charge in [-0.15, -0.1) is 0 Å². The molecule has 0 spiro atoms. The van der Waals surface area contributed by atoms with Crippen molar-refractivity contribution in [2.24, 2.45) is 5.92 Å². The van der Waals surface area contributed by atoms with Crippen molar-refractivity contribution in [3.05, 3.63) is 35.1 Å². The monoisotopic (exact) mass is 305 g/mol. The molecule has 0 radical (unpaired) electrons. The van der Waals surface area contributed by atoms with Gasteiger partial charge in [0.25, 0.3) is 0 Å². The third kappa shape index (κ3) is 4.68. The molecule has 0 heterocycles. The van der Waals surface area contributed by atoms with E-state index in [2.05, 4.69) is 5.32 Å². The molecule has 0 amide bonds. The summed E-state index contributed by atoms with van der Waals surface area (Å²) in [5, 5.41) is 12.5. The minimum Gasteiger partial charge on any atom is -0.393 e. The lowest BCUT2D eigenvalue weighted by molar-refractivity contribution is -0.138. The van der Waals surface area contributed by atoms with Crippen LogP contribution in [0, 0.1) is 11.7 Å². The summed E-state index contributed by atoms with van der Waals surface area (Å²) in [6.45, 7) is 0.605. The zero-order valence-corrected chi connectivity index (χ0v) is 11.6. The zero-order chi connectivity index (χ0) is 15.5. The van der Waals surface area contributed by atoms with Gasteiger partial charge in [0.1, 0.15) is 5.82 Å². The average molecular weight is 305 g/mol. The van der Waals surface area contributed by atoms with Crippen molar-refractivity contribution < 1.29 is 22.7 Å². The smallest absolute Gasteiger partial charge is 0.393 e. The van der Waals surface area contributed by atoms with Crippen molar-refractivity contribution in [2.45, 2.75) is 44.5 Å². The minimum absolute atomic E-state index is 0.0419. The molecule has 2 rings (SSSR count). The van der Waals surface area contributed by atoms with E-state index in [1.807, 2.05) is 0 Å². The number of aliphatic hydroxyl groups is 1. The molecule has 2 atom stereocenters. The maximum absolute atomic E-state index is 13.0. The molecule has 6 heteroatoms. The second-order valence-corrected chi connectivity index (χ2v) is 5.62. The molecule has 1 aliphatic carbocycles. The van der Waals surface area contributed by atoms with Crippen LogP contribution in [0.5, 0.6) is 0 Å². The Kier molecular flexibility index (Phi) is 5.22. The Balaban J connectivity index is 1.94. The van der Waals surface area contributed by atoms with Gasteiger partial charge in [-0.25, -0.2) is 4.39 Å². The molecule has 2 N–H and O–H groups in total. The lowest BCUT2D eigenvalue weighted by atomic mass is 9.87. The van der Waals surface area contributed by atoms with Crippen LogP contribution in [0.3, 0.4) is 0 Å². The van der Waals surface area contributed by atoms with Crippen LogP contribution in [-0.4, -0.2) is 17.8 Å². The molecule has 1 aliphatic rings. The number of aliphatic hydroxyl groups excluding tert-OH is 1. The van der Waals surface area contributed by atoms with Crippen molar-refractivity contribution in [3.63, 3.8) is 0 Å². The van der Waals surface area contributed by atoms with Gasteiger partial charge in [0, 0.05) is 6.54 Å². The van der Waals surface area contributed by atoms with E-state index in [0.717, 1.165) is 25.3 Å². The Bertz CT molecular complexity index is 475. The van der Waals surface area contributed by atoms with Crippen molar-refractivity contribution in [2.75, 3.05) is 6.54 Å². The SMILES string of the molecule is OC1CCCC(CNCc2ccc(F)cc2C(F)(F)F)C1. The largest absolute Gasteiger partial charge is 0.416 e. The Morgan fingerprint density at radius 2 is 2.00 bits per heavy atom. The fourth-order valence-corrected chi connectivity index (χ4v) is 2.83. The van der Waals surface area contributed by atoms with Crippen LogP contribution in [-0.2, 0) is 12.7 Å². The van der Waals surface area contributed by atoms with Gasteiger partial charge in [-0.3, -0.25) is 0 Å². The number of nitrogens with one attached hydrogen (secondary N) is 1. The molecule has 2 nitrogen and oxygen atoms in total. The third-order valence-corrected chi connectivity index (χ3v) is 3.88. The molecule has 1 aromatic rings. The van der Waals surface area contributed by atoms with Crippen LogP contribution < -0.4 is 5.32 Å². The van der Waals surface area contributed by atoms with E-state index in [-0.39, 0.29) is 24.1 Å². The van der Waals surface area contributed by atoms with Crippen LogP contribution in [0.1, 0.15) is 36.8 Å². The molecule has 0 aliphatic heterocycles. The predicted molar refractivity (Wildman–Crippen MR) is 71.1 cm³/mol. The van der Waals surface area contributed by atoms with Gasteiger partial charge in [0.2, 0.25) is 0 Å². The summed E-state index contributed by atoms with van der Waals surface area (Å²) >= 11 is 0. The second kappa shape index (κ2) is 6.75. The standard InChI is InChI=1S/C15H19F4NO/c16-12-5-4-11(14(7-12)15(17,18)19)9-20-8-10-2-1-3-13(21)6-10/h4-5,7,10,13,20-21H,1-3,6,8-9H2. The topological polar surface area (TPSA) is 32.3 Å². The van der Waals surface area contributed by atoms with E-state index in [0.29, 0.717) is 19.0 Å². The summed E-state index contributed by atoms with van der Waals surface area (Å²) in [6, 6.07) is 2.73. The van der Waals surface area contributed by atoms with Crippen LogP contribution in [0.15, 0.2) is 18.2 Å². The van der Waals surface area contributed by atoms with E-state index in [9.17, 15) is 22.7 Å². The van der Waals surface area contributed by atoms with Crippen LogP contribution >= 0.6 is 0 Å². The lowest BCUT2D eigenvalue weighted by Crippen LogP contribution is -2.29. The highest BCUT2D eigenvalue weighted by Crippen LogP contribution is 2.32. The number of benzene rings is 1. The first-order valence-corrected chi connectivity index (χ1v) is 7.10. The Morgan fingerprint density at radius 1 is 1.24 bits per heavy atom. The summed E-state index contributed by atoms with van der Waals surface area (Å²) in [7, 11) is 0. The van der Waals surface area contributed by atoms with E-state index >= 15 is 0 Å². The van der Waals surface area contributed by atoms with E-state index < -0.39 is 17.6 Å². The highest BCUT2D eigenvalue weighted by atomic mass is 19.4. The molecule has 0 bridgehead atoms. The fourth-order valence-electron chi connectivity index (χ4n) is 2.83. The summed E-state index contributed by atoms with van der Waals surface area (Å²) in [4.78, 5) is 0. The Hall–Kier alpha value is -1.14. The summed E-state index contributed by atoms with van der Waals surface area (Å²) in [5.74, 6) is -0.606. The van der Waals surface area contributed by atoms with Crippen LogP contribution in [0.2, 0.25) is 0 Å². The highest BCUT2D eigenvalue weighted by molar-refractivity contribution is 5.30. The molecule has 1 fully saturated rings. The molecular formula is C15H19F4NO. The van der Waals surface area contributed by atoms with Gasteiger partial charge >= 0.3 is 6.18 Å².